The molecular formula is C15H30O2. The van der Waals surface area contributed by atoms with Gasteiger partial charge in [0.15, 0.2) is 0 Å². The molecule has 0 aliphatic heterocycles. The van der Waals surface area contributed by atoms with E-state index in [1.807, 2.05) is 6.92 Å². The van der Waals surface area contributed by atoms with Crippen LogP contribution in [0.2, 0.25) is 0 Å². The van der Waals surface area contributed by atoms with E-state index >= 15 is 0 Å². The third-order valence-electron chi connectivity index (χ3n) is 3.26. The normalized spacial score (nSPS) is 14.4. The minimum absolute atomic E-state index is 0.00167. The maximum atomic E-state index is 11.8. The van der Waals surface area contributed by atoms with Crippen molar-refractivity contribution in [3.63, 3.8) is 0 Å². The van der Waals surface area contributed by atoms with Crippen LogP contribution in [0.4, 0.5) is 0 Å². The number of unbranched alkanes of at least 4 members (excludes halogenated alkanes) is 3. The molecule has 0 bridgehead atoms. The molecule has 17 heavy (non-hydrogen) atoms. The second kappa shape index (κ2) is 10.6. The van der Waals surface area contributed by atoms with Crippen LogP contribution in [0.25, 0.3) is 0 Å². The molecule has 0 fully saturated rings. The molecule has 0 rings (SSSR count). The topological polar surface area (TPSA) is 26.3 Å². The molecule has 0 aromatic rings. The first-order valence-electron chi connectivity index (χ1n) is 7.36. The van der Waals surface area contributed by atoms with Gasteiger partial charge in [-0.3, -0.25) is 4.79 Å². The fourth-order valence-electron chi connectivity index (χ4n) is 1.88. The van der Waals surface area contributed by atoms with Crippen LogP contribution in [0.15, 0.2) is 0 Å². The van der Waals surface area contributed by atoms with E-state index in [0.29, 0.717) is 0 Å². The molecule has 0 radical (unpaired) electrons. The van der Waals surface area contributed by atoms with Crippen molar-refractivity contribution in [3.05, 3.63) is 0 Å². The Bertz CT molecular complexity index is 189. The number of carbonyl (C=O) groups is 1. The molecule has 0 saturated carbocycles. The molecule has 2 nitrogen and oxygen atoms in total. The van der Waals surface area contributed by atoms with Gasteiger partial charge in [-0.25, -0.2) is 0 Å². The van der Waals surface area contributed by atoms with Gasteiger partial charge in [-0.15, -0.1) is 0 Å². The Hall–Kier alpha value is -0.530. The van der Waals surface area contributed by atoms with Gasteiger partial charge in [-0.2, -0.15) is 0 Å². The Balaban J connectivity index is 3.87. The Morgan fingerprint density at radius 3 is 2.18 bits per heavy atom. The zero-order chi connectivity index (χ0) is 13.1. The van der Waals surface area contributed by atoms with Gasteiger partial charge in [0.25, 0.3) is 0 Å². The fraction of sp³-hybridized carbons (Fsp3) is 0.933. The standard InChI is InChI=1S/C15H30O2/c1-5-8-10-12-14(7-3)17-15(16)13(4)11-9-6-2/h13-14H,5-12H2,1-4H3. The van der Waals surface area contributed by atoms with Gasteiger partial charge in [-0.05, 0) is 25.7 Å². The van der Waals surface area contributed by atoms with E-state index in [9.17, 15) is 4.79 Å². The highest BCUT2D eigenvalue weighted by Crippen LogP contribution is 2.15. The lowest BCUT2D eigenvalue weighted by atomic mass is 10.0. The molecule has 0 aromatic carbocycles. The first-order valence-corrected chi connectivity index (χ1v) is 7.36. The maximum Gasteiger partial charge on any atom is 0.308 e. The van der Waals surface area contributed by atoms with E-state index in [1.165, 1.54) is 19.3 Å². The lowest BCUT2D eigenvalue weighted by Gasteiger charge is -2.18. The summed E-state index contributed by atoms with van der Waals surface area (Å²) < 4.78 is 5.57. The first-order chi connectivity index (χ1) is 8.15. The van der Waals surface area contributed by atoms with E-state index in [1.54, 1.807) is 0 Å². The van der Waals surface area contributed by atoms with Crippen LogP contribution in [0.3, 0.4) is 0 Å². The van der Waals surface area contributed by atoms with E-state index < -0.39 is 0 Å². The third kappa shape index (κ3) is 8.23. The van der Waals surface area contributed by atoms with Gasteiger partial charge in [0.2, 0.25) is 0 Å². The van der Waals surface area contributed by atoms with Crippen molar-refractivity contribution in [1.29, 1.82) is 0 Å². The summed E-state index contributed by atoms with van der Waals surface area (Å²) in [5.41, 5.74) is 0. The van der Waals surface area contributed by atoms with Crippen molar-refractivity contribution in [2.75, 3.05) is 0 Å². The van der Waals surface area contributed by atoms with Crippen molar-refractivity contribution in [2.24, 2.45) is 5.92 Å². The van der Waals surface area contributed by atoms with E-state index in [4.69, 9.17) is 4.74 Å². The molecule has 2 heteroatoms. The van der Waals surface area contributed by atoms with Crippen LogP contribution >= 0.6 is 0 Å². The van der Waals surface area contributed by atoms with Crippen LogP contribution in [-0.4, -0.2) is 12.1 Å². The molecule has 0 aliphatic rings. The first kappa shape index (κ1) is 16.5. The summed E-state index contributed by atoms with van der Waals surface area (Å²) >= 11 is 0. The summed E-state index contributed by atoms with van der Waals surface area (Å²) in [5.74, 6) is 0.0666. The molecule has 0 spiro atoms. The van der Waals surface area contributed by atoms with Gasteiger partial charge in [0.1, 0.15) is 6.10 Å². The molecule has 0 amide bonds. The summed E-state index contributed by atoms with van der Waals surface area (Å²) in [4.78, 5) is 11.8. The zero-order valence-electron chi connectivity index (χ0n) is 12.1. The van der Waals surface area contributed by atoms with Gasteiger partial charge >= 0.3 is 5.97 Å². The highest BCUT2D eigenvalue weighted by atomic mass is 16.5. The minimum Gasteiger partial charge on any atom is -0.462 e. The molecule has 0 aromatic heterocycles. The highest BCUT2D eigenvalue weighted by molar-refractivity contribution is 5.72. The fourth-order valence-corrected chi connectivity index (χ4v) is 1.88. The lowest BCUT2D eigenvalue weighted by molar-refractivity contribution is -0.154. The smallest absolute Gasteiger partial charge is 0.308 e. The van der Waals surface area contributed by atoms with Gasteiger partial charge in [0, 0.05) is 0 Å². The zero-order valence-corrected chi connectivity index (χ0v) is 12.1. The average Bonchev–Trinajstić information content (AvgIpc) is 2.34. The molecule has 0 N–H and O–H groups in total. The number of hydrogen-bond donors (Lipinski definition) is 0. The molecule has 0 aliphatic carbocycles. The molecule has 2 unspecified atom stereocenters. The van der Waals surface area contributed by atoms with Gasteiger partial charge in [-0.1, -0.05) is 53.4 Å². The SMILES string of the molecule is CCCCCC(CC)OC(=O)C(C)CCCC. The minimum atomic E-state index is 0.00167. The van der Waals surface area contributed by atoms with Crippen molar-refractivity contribution in [2.45, 2.75) is 85.2 Å². The van der Waals surface area contributed by atoms with Crippen LogP contribution < -0.4 is 0 Å². The molecule has 102 valence electrons. The summed E-state index contributed by atoms with van der Waals surface area (Å²) in [6.45, 7) is 8.43. The van der Waals surface area contributed by atoms with Crippen LogP contribution in [0, 0.1) is 5.92 Å². The second-order valence-corrected chi connectivity index (χ2v) is 5.01. The van der Waals surface area contributed by atoms with Gasteiger partial charge in [0.05, 0.1) is 5.92 Å². The number of esters is 1. The Morgan fingerprint density at radius 1 is 1.00 bits per heavy atom. The predicted octanol–water partition coefficient (Wildman–Crippen LogP) is 4.71. The van der Waals surface area contributed by atoms with E-state index in [2.05, 4.69) is 20.8 Å². The van der Waals surface area contributed by atoms with Crippen LogP contribution in [0.1, 0.15) is 79.1 Å². The van der Waals surface area contributed by atoms with Crippen molar-refractivity contribution >= 4 is 5.97 Å². The summed E-state index contributed by atoms with van der Waals surface area (Å²) in [6, 6.07) is 0. The van der Waals surface area contributed by atoms with E-state index in [-0.39, 0.29) is 18.0 Å². The average molecular weight is 242 g/mol. The predicted molar refractivity (Wildman–Crippen MR) is 73.0 cm³/mol. The Morgan fingerprint density at radius 2 is 1.65 bits per heavy atom. The number of ether oxygens (including phenoxy) is 1. The third-order valence-corrected chi connectivity index (χ3v) is 3.26. The Kier molecular flexibility index (Phi) is 10.3. The maximum absolute atomic E-state index is 11.8. The van der Waals surface area contributed by atoms with Gasteiger partial charge < -0.3 is 4.74 Å². The lowest BCUT2D eigenvalue weighted by Crippen LogP contribution is -2.22. The second-order valence-electron chi connectivity index (χ2n) is 5.01. The summed E-state index contributed by atoms with van der Waals surface area (Å²) in [5, 5.41) is 0. The molecule has 0 heterocycles. The van der Waals surface area contributed by atoms with Crippen molar-refractivity contribution < 1.29 is 9.53 Å². The summed E-state index contributed by atoms with van der Waals surface area (Å²) in [7, 11) is 0. The number of hydrogen-bond acceptors (Lipinski definition) is 2. The van der Waals surface area contributed by atoms with Crippen molar-refractivity contribution in [1.82, 2.24) is 0 Å². The Labute approximate surface area is 107 Å². The van der Waals surface area contributed by atoms with Crippen LogP contribution in [-0.2, 0) is 9.53 Å². The largest absolute Gasteiger partial charge is 0.462 e. The highest BCUT2D eigenvalue weighted by Gasteiger charge is 2.18. The molecular weight excluding hydrogens is 212 g/mol. The van der Waals surface area contributed by atoms with E-state index in [0.717, 1.165) is 32.1 Å². The number of rotatable bonds is 10. The molecule has 2 atom stereocenters. The number of carbonyl (C=O) groups excluding carboxylic acids is 1. The van der Waals surface area contributed by atoms with Crippen molar-refractivity contribution in [3.8, 4) is 0 Å². The monoisotopic (exact) mass is 242 g/mol. The summed E-state index contributed by atoms with van der Waals surface area (Å²) in [6.07, 6.45) is 8.95. The molecule has 0 saturated heterocycles. The van der Waals surface area contributed by atoms with Crippen LogP contribution in [0.5, 0.6) is 0 Å². The quantitative estimate of drug-likeness (QED) is 0.409.